The third-order valence-corrected chi connectivity index (χ3v) is 0.209. The molecule has 5 heavy (non-hydrogen) atoms. The maximum absolute atomic E-state index is 7.67. The van der Waals surface area contributed by atoms with Crippen LogP contribution in [0.3, 0.4) is 0 Å². The second kappa shape index (κ2) is 3.23. The average molecular weight is 66.1 g/mol. The summed E-state index contributed by atoms with van der Waals surface area (Å²) in [6.07, 6.45) is 3.86. The second-order valence-electron chi connectivity index (χ2n) is 0.545. The second-order valence-corrected chi connectivity index (χ2v) is 0.545. The summed E-state index contributed by atoms with van der Waals surface area (Å²) in [4.78, 5) is 0. The van der Waals surface area contributed by atoms with Gasteiger partial charge in [0, 0.05) is 0 Å². The molecule has 0 N–H and O–H groups in total. The summed E-state index contributed by atoms with van der Waals surface area (Å²) in [6.45, 7) is 1.75. The van der Waals surface area contributed by atoms with Crippen molar-refractivity contribution in [1.82, 2.24) is 0 Å². The molecule has 0 atom stereocenters. The number of nitrogens with zero attached hydrogens (tertiary/aromatic N) is 1. The Kier molecular flexibility index (Phi) is 2.73. The molecule has 1 nitrogen and oxygen atoms in total. The lowest BCUT2D eigenvalue weighted by Crippen LogP contribution is -1.37. The first-order valence-corrected chi connectivity index (χ1v) is 1.34. The van der Waals surface area contributed by atoms with Gasteiger partial charge in [-0.3, -0.25) is 6.08 Å². The van der Waals surface area contributed by atoms with E-state index in [2.05, 4.69) is 6.08 Å². The van der Waals surface area contributed by atoms with Crippen molar-refractivity contribution in [3.63, 3.8) is 0 Å². The Hall–Kier alpha value is -0.770. The van der Waals surface area contributed by atoms with E-state index in [-0.39, 0.29) is 0 Å². The Morgan fingerprint density at radius 2 is 2.60 bits per heavy atom. The van der Waals surface area contributed by atoms with Gasteiger partial charge >= 0.3 is 0 Å². The van der Waals surface area contributed by atoms with Gasteiger partial charge in [0.1, 0.15) is 0 Å². The van der Waals surface area contributed by atoms with Crippen LogP contribution in [0.4, 0.5) is 0 Å². The highest BCUT2D eigenvalue weighted by atomic mass is 14.2. The summed E-state index contributed by atoms with van der Waals surface area (Å²) in [7, 11) is 0. The third-order valence-electron chi connectivity index (χ3n) is 0.209. The van der Waals surface area contributed by atoms with Crippen molar-refractivity contribution < 1.29 is 0 Å². The van der Waals surface area contributed by atoms with Crippen LogP contribution in [0.15, 0.2) is 6.08 Å². The maximum Gasteiger partial charge on any atom is -0.0784 e. The Bertz CT molecular complexity index is 66.2. The van der Waals surface area contributed by atoms with Gasteiger partial charge < -0.3 is 6.08 Å². The minimum atomic E-state index is 1.57. The van der Waals surface area contributed by atoms with E-state index in [0.717, 1.165) is 0 Å². The van der Waals surface area contributed by atoms with E-state index in [1.807, 2.05) is 0 Å². The van der Waals surface area contributed by atoms with Crippen LogP contribution in [0.25, 0.3) is 0 Å². The fourth-order valence-corrected chi connectivity index (χ4v) is 0.0645. The van der Waals surface area contributed by atoms with Crippen LogP contribution in [0, 0.1) is 17.4 Å². The predicted octanol–water partition coefficient (Wildman–Crippen LogP) is 0.889. The summed E-state index contributed by atoms with van der Waals surface area (Å²) in [5.74, 6) is 0. The molecule has 0 aromatic carbocycles. The molecule has 0 saturated carbocycles. The van der Waals surface area contributed by atoms with Crippen LogP contribution >= 0.6 is 0 Å². The Morgan fingerprint density at radius 3 is 2.60 bits per heavy atom. The Labute approximate surface area is 31.5 Å². The summed E-state index contributed by atoms with van der Waals surface area (Å²) < 4.78 is 0. The molecule has 0 saturated heterocycles. The van der Waals surface area contributed by atoms with Gasteiger partial charge in [-0.1, -0.05) is 6.92 Å². The van der Waals surface area contributed by atoms with Crippen molar-refractivity contribution in [3.8, 4) is 6.07 Å². The molecule has 0 heterocycles. The van der Waals surface area contributed by atoms with Gasteiger partial charge in [0.2, 0.25) is 0 Å². The lowest BCUT2D eigenvalue weighted by Gasteiger charge is -1.71. The van der Waals surface area contributed by atoms with E-state index in [9.17, 15) is 0 Å². The normalized spacial score (nSPS) is 8.00. The summed E-state index contributed by atoms with van der Waals surface area (Å²) in [5.41, 5.74) is 0. The zero-order chi connectivity index (χ0) is 4.12. The van der Waals surface area contributed by atoms with Gasteiger partial charge in [0.05, 0.1) is 0 Å². The molecule has 0 rings (SSSR count). The van der Waals surface area contributed by atoms with Crippen LogP contribution in [0.2, 0.25) is 0 Å². The SMILES string of the molecule is CC=[C-]C#N. The van der Waals surface area contributed by atoms with Crippen molar-refractivity contribution in [2.45, 2.75) is 6.92 Å². The Morgan fingerprint density at radius 1 is 2.00 bits per heavy atom. The lowest BCUT2D eigenvalue weighted by atomic mass is 10.6. The van der Waals surface area contributed by atoms with Gasteiger partial charge in [-0.25, -0.2) is 5.26 Å². The standard InChI is InChI=1S/C4H4N/c1-2-3-4-5/h2H,1H3/q-1. The van der Waals surface area contributed by atoms with E-state index in [0.29, 0.717) is 0 Å². The van der Waals surface area contributed by atoms with Crippen molar-refractivity contribution in [3.05, 3.63) is 12.2 Å². The molecule has 0 aliphatic carbocycles. The fraction of sp³-hybridized carbons (Fsp3) is 0.250. The van der Waals surface area contributed by atoms with E-state index in [1.54, 1.807) is 19.1 Å². The van der Waals surface area contributed by atoms with Crippen LogP contribution in [-0.4, -0.2) is 0 Å². The number of allylic oxidation sites excluding steroid dienone is 2. The Balaban J connectivity index is 3.04. The minimum absolute atomic E-state index is 1.57. The molecule has 0 radical (unpaired) electrons. The fourth-order valence-electron chi connectivity index (χ4n) is 0.0645. The minimum Gasteiger partial charge on any atom is -0.390 e. The van der Waals surface area contributed by atoms with Crippen LogP contribution in [0.5, 0.6) is 0 Å². The number of rotatable bonds is 0. The first-order chi connectivity index (χ1) is 2.41. The number of hydrogen-bond acceptors (Lipinski definition) is 1. The zero-order valence-electron chi connectivity index (χ0n) is 3.02. The molecule has 0 aliphatic heterocycles. The van der Waals surface area contributed by atoms with Gasteiger partial charge in [0.25, 0.3) is 0 Å². The van der Waals surface area contributed by atoms with Crippen molar-refractivity contribution in [2.75, 3.05) is 0 Å². The topological polar surface area (TPSA) is 23.8 Å². The van der Waals surface area contributed by atoms with Gasteiger partial charge in [-0.2, -0.15) is 0 Å². The summed E-state index contributed by atoms with van der Waals surface area (Å²) in [5, 5.41) is 7.67. The van der Waals surface area contributed by atoms with E-state index in [4.69, 9.17) is 5.26 Å². The molecule has 0 bridgehead atoms. The molecule has 1 heteroatoms. The molecule has 0 unspecified atom stereocenters. The molecule has 0 aromatic heterocycles. The lowest BCUT2D eigenvalue weighted by molar-refractivity contribution is 1.51. The van der Waals surface area contributed by atoms with Crippen molar-refractivity contribution >= 4 is 0 Å². The zero-order valence-corrected chi connectivity index (χ0v) is 3.02. The first-order valence-electron chi connectivity index (χ1n) is 1.34. The predicted molar refractivity (Wildman–Crippen MR) is 19.1 cm³/mol. The highest BCUT2D eigenvalue weighted by Gasteiger charge is 1.22. The molecular formula is C4H4N-. The number of nitriles is 1. The van der Waals surface area contributed by atoms with Crippen LogP contribution < -0.4 is 0 Å². The molecule has 0 spiro atoms. The average Bonchev–Trinajstić information content (AvgIpc) is 1.41. The molecule has 0 fully saturated rings. The van der Waals surface area contributed by atoms with E-state index < -0.39 is 0 Å². The molecule has 0 amide bonds. The molecular weight excluding hydrogens is 62.1 g/mol. The smallest absolute Gasteiger partial charge is 0.0784 e. The molecule has 0 aromatic rings. The molecule has 0 aliphatic rings. The molecule has 26 valence electrons. The number of hydrogen-bond donors (Lipinski definition) is 0. The van der Waals surface area contributed by atoms with Crippen LogP contribution in [-0.2, 0) is 0 Å². The third kappa shape index (κ3) is 3.23. The van der Waals surface area contributed by atoms with E-state index in [1.165, 1.54) is 0 Å². The quantitative estimate of drug-likeness (QED) is 0.304. The van der Waals surface area contributed by atoms with E-state index >= 15 is 0 Å². The van der Waals surface area contributed by atoms with Crippen molar-refractivity contribution in [1.29, 1.82) is 5.26 Å². The highest BCUT2D eigenvalue weighted by molar-refractivity contribution is 4.89. The van der Waals surface area contributed by atoms with Crippen LogP contribution in [0.1, 0.15) is 6.92 Å². The first kappa shape index (κ1) is 4.23. The van der Waals surface area contributed by atoms with Crippen molar-refractivity contribution in [2.24, 2.45) is 0 Å². The van der Waals surface area contributed by atoms with Gasteiger partial charge in [0.15, 0.2) is 0 Å². The highest BCUT2D eigenvalue weighted by Crippen LogP contribution is 1.56. The monoisotopic (exact) mass is 66.0 g/mol. The maximum atomic E-state index is 7.67. The van der Waals surface area contributed by atoms with Gasteiger partial charge in [-0.15, -0.1) is 6.07 Å². The van der Waals surface area contributed by atoms with Gasteiger partial charge in [-0.05, 0) is 0 Å². The largest absolute Gasteiger partial charge is 0.390 e. The summed E-state index contributed by atoms with van der Waals surface area (Å²) >= 11 is 0. The summed E-state index contributed by atoms with van der Waals surface area (Å²) in [6, 6.07) is 1.71.